The van der Waals surface area contributed by atoms with Crippen molar-refractivity contribution in [1.29, 1.82) is 0 Å². The molecule has 0 aliphatic heterocycles. The number of hydrogen-bond donors (Lipinski definition) is 0. The van der Waals surface area contributed by atoms with Crippen molar-refractivity contribution in [3.8, 4) is 0 Å². The zero-order valence-corrected chi connectivity index (χ0v) is 22.2. The first-order valence-corrected chi connectivity index (χ1v) is 15.6. The van der Waals surface area contributed by atoms with E-state index in [0.29, 0.717) is 0 Å². The maximum Gasteiger partial charge on any atom is 0.0155 e. The van der Waals surface area contributed by atoms with E-state index in [0.717, 1.165) is 0 Å². The van der Waals surface area contributed by atoms with E-state index >= 15 is 0 Å². The standard InChI is InChI=1S/C27H33PS3/c1-4-19-29-25-16-10-7-13-22(25)28(23-14-8-11-17-26(23)30-20-5-2)24-15-9-12-18-27(24)31-21-6-3/h7-18H,4-6,19-21H2,1-3H3. The van der Waals surface area contributed by atoms with Crippen LogP contribution in [0, 0.1) is 0 Å². The summed E-state index contributed by atoms with van der Waals surface area (Å²) < 4.78 is 0. The predicted octanol–water partition coefficient (Wildman–Crippen LogP) is 7.95. The Labute approximate surface area is 203 Å². The summed E-state index contributed by atoms with van der Waals surface area (Å²) >= 11 is 6.04. The van der Waals surface area contributed by atoms with Crippen LogP contribution in [-0.2, 0) is 0 Å². The summed E-state index contributed by atoms with van der Waals surface area (Å²) in [5.74, 6) is 3.50. The first-order valence-electron chi connectivity index (χ1n) is 11.3. The summed E-state index contributed by atoms with van der Waals surface area (Å²) in [6, 6.07) is 27.4. The zero-order valence-electron chi connectivity index (χ0n) is 18.8. The highest BCUT2D eigenvalue weighted by Crippen LogP contribution is 2.42. The molecular weight excluding hydrogens is 451 g/mol. The van der Waals surface area contributed by atoms with E-state index in [1.807, 2.05) is 35.3 Å². The molecule has 0 N–H and O–H groups in total. The van der Waals surface area contributed by atoms with E-state index in [9.17, 15) is 0 Å². The minimum absolute atomic E-state index is 0.621. The molecule has 0 aromatic heterocycles. The van der Waals surface area contributed by atoms with Crippen molar-refractivity contribution in [2.75, 3.05) is 17.3 Å². The molecule has 0 saturated heterocycles. The normalized spacial score (nSPS) is 11.2. The molecule has 0 saturated carbocycles. The largest absolute Gasteiger partial charge is 0.125 e. The summed E-state index contributed by atoms with van der Waals surface area (Å²) in [6.07, 6.45) is 3.59. The molecule has 0 fully saturated rings. The molecule has 0 unspecified atom stereocenters. The van der Waals surface area contributed by atoms with E-state index < -0.39 is 7.92 Å². The molecule has 0 aliphatic carbocycles. The lowest BCUT2D eigenvalue weighted by Gasteiger charge is -2.26. The fourth-order valence-corrected chi connectivity index (χ4v) is 9.53. The van der Waals surface area contributed by atoms with Crippen molar-refractivity contribution in [2.45, 2.75) is 54.7 Å². The van der Waals surface area contributed by atoms with Crippen LogP contribution in [0.15, 0.2) is 87.5 Å². The molecule has 3 aromatic carbocycles. The van der Waals surface area contributed by atoms with Gasteiger partial charge in [0.1, 0.15) is 0 Å². The minimum atomic E-state index is -0.621. The van der Waals surface area contributed by atoms with Crippen molar-refractivity contribution in [3.05, 3.63) is 72.8 Å². The second kappa shape index (κ2) is 13.6. The molecule has 31 heavy (non-hydrogen) atoms. The molecule has 0 heterocycles. The predicted molar refractivity (Wildman–Crippen MR) is 148 cm³/mol. The molecule has 3 rings (SSSR count). The summed E-state index contributed by atoms with van der Waals surface area (Å²) in [5, 5.41) is 4.51. The van der Waals surface area contributed by atoms with Crippen molar-refractivity contribution in [3.63, 3.8) is 0 Å². The summed E-state index contributed by atoms with van der Waals surface area (Å²) in [7, 11) is -0.621. The van der Waals surface area contributed by atoms with E-state index in [1.54, 1.807) is 0 Å². The van der Waals surface area contributed by atoms with Gasteiger partial charge in [-0.3, -0.25) is 0 Å². The van der Waals surface area contributed by atoms with Crippen LogP contribution in [0.2, 0.25) is 0 Å². The average molecular weight is 485 g/mol. The highest BCUT2D eigenvalue weighted by Gasteiger charge is 2.24. The number of benzene rings is 3. The van der Waals surface area contributed by atoms with Gasteiger partial charge in [0.15, 0.2) is 0 Å². The summed E-state index contributed by atoms with van der Waals surface area (Å²) in [4.78, 5) is 4.34. The second-order valence-electron chi connectivity index (χ2n) is 7.28. The van der Waals surface area contributed by atoms with Crippen LogP contribution in [0.25, 0.3) is 0 Å². The first kappa shape index (κ1) is 24.8. The maximum absolute atomic E-state index is 2.38. The van der Waals surface area contributed by atoms with E-state index in [4.69, 9.17) is 0 Å². The van der Waals surface area contributed by atoms with Gasteiger partial charge in [-0.25, -0.2) is 0 Å². The summed E-state index contributed by atoms with van der Waals surface area (Å²) in [6.45, 7) is 6.81. The third-order valence-corrected chi connectivity index (χ3v) is 11.6. The van der Waals surface area contributed by atoms with Gasteiger partial charge in [0.25, 0.3) is 0 Å². The third-order valence-electron chi connectivity index (χ3n) is 4.70. The van der Waals surface area contributed by atoms with Crippen molar-refractivity contribution in [2.24, 2.45) is 0 Å². The molecular formula is C27H33PS3. The maximum atomic E-state index is 2.38. The van der Waals surface area contributed by atoms with Gasteiger partial charge in [0.2, 0.25) is 0 Å². The lowest BCUT2D eigenvalue weighted by atomic mass is 10.3. The number of hydrogen-bond acceptors (Lipinski definition) is 3. The molecule has 4 heteroatoms. The Bertz CT molecular complexity index is 819. The molecule has 0 aliphatic rings. The van der Waals surface area contributed by atoms with Crippen LogP contribution < -0.4 is 15.9 Å². The number of thioether (sulfide) groups is 3. The van der Waals surface area contributed by atoms with Crippen LogP contribution in [0.3, 0.4) is 0 Å². The molecule has 0 radical (unpaired) electrons. The Morgan fingerprint density at radius 2 is 0.774 bits per heavy atom. The number of rotatable bonds is 12. The van der Waals surface area contributed by atoms with Crippen LogP contribution in [0.4, 0.5) is 0 Å². The highest BCUT2D eigenvalue weighted by atomic mass is 32.2. The SMILES string of the molecule is CCCSc1ccccc1P(c1ccccc1SCCC)c1ccccc1SCCC. The van der Waals surface area contributed by atoms with Crippen LogP contribution in [0.1, 0.15) is 40.0 Å². The molecule has 3 aromatic rings. The highest BCUT2D eigenvalue weighted by molar-refractivity contribution is 8.01. The van der Waals surface area contributed by atoms with Gasteiger partial charge in [-0.1, -0.05) is 75.4 Å². The average Bonchev–Trinajstić information content (AvgIpc) is 2.82. The third kappa shape index (κ3) is 6.81. The molecule has 164 valence electrons. The van der Waals surface area contributed by atoms with Crippen LogP contribution >= 0.6 is 43.2 Å². The molecule has 0 amide bonds. The van der Waals surface area contributed by atoms with Crippen molar-refractivity contribution in [1.82, 2.24) is 0 Å². The Morgan fingerprint density at radius 3 is 1.06 bits per heavy atom. The van der Waals surface area contributed by atoms with Crippen molar-refractivity contribution >= 4 is 59.1 Å². The molecule has 0 atom stereocenters. The summed E-state index contributed by atoms with van der Waals surface area (Å²) in [5.41, 5.74) is 0. The van der Waals surface area contributed by atoms with E-state index in [-0.39, 0.29) is 0 Å². The monoisotopic (exact) mass is 484 g/mol. The van der Waals surface area contributed by atoms with Gasteiger partial charge < -0.3 is 0 Å². The Hall–Kier alpha value is -0.860. The van der Waals surface area contributed by atoms with E-state index in [2.05, 4.69) is 93.6 Å². The molecule has 0 spiro atoms. The fraction of sp³-hybridized carbons (Fsp3) is 0.333. The van der Waals surface area contributed by atoms with E-state index in [1.165, 1.54) is 67.1 Å². The Balaban J connectivity index is 2.18. The smallest absolute Gasteiger partial charge is 0.0155 e. The van der Waals surface area contributed by atoms with Gasteiger partial charge in [0.05, 0.1) is 0 Å². The van der Waals surface area contributed by atoms with Gasteiger partial charge in [-0.2, -0.15) is 0 Å². The Morgan fingerprint density at radius 1 is 0.484 bits per heavy atom. The van der Waals surface area contributed by atoms with Gasteiger partial charge in [0, 0.05) is 14.7 Å². The second-order valence-corrected chi connectivity index (χ2v) is 12.8. The van der Waals surface area contributed by atoms with Gasteiger partial charge in [-0.05, 0) is 78.6 Å². The fourth-order valence-electron chi connectivity index (χ4n) is 3.32. The lowest BCUT2D eigenvalue weighted by Crippen LogP contribution is -2.24. The van der Waals surface area contributed by atoms with Gasteiger partial charge in [-0.15, -0.1) is 35.3 Å². The zero-order chi connectivity index (χ0) is 21.9. The quantitative estimate of drug-likeness (QED) is 0.189. The first-order chi connectivity index (χ1) is 15.3. The lowest BCUT2D eigenvalue weighted by molar-refractivity contribution is 1.10. The van der Waals surface area contributed by atoms with Crippen molar-refractivity contribution < 1.29 is 0 Å². The Kier molecular flexibility index (Phi) is 10.9. The van der Waals surface area contributed by atoms with Crippen LogP contribution in [-0.4, -0.2) is 17.3 Å². The topological polar surface area (TPSA) is 0 Å². The minimum Gasteiger partial charge on any atom is -0.125 e. The molecule has 0 bridgehead atoms. The van der Waals surface area contributed by atoms with Gasteiger partial charge >= 0.3 is 0 Å². The molecule has 0 nitrogen and oxygen atoms in total. The van der Waals surface area contributed by atoms with Crippen LogP contribution in [0.5, 0.6) is 0 Å².